The van der Waals surface area contributed by atoms with Crippen LogP contribution in [0.2, 0.25) is 0 Å². The minimum absolute atomic E-state index is 0.612. The molecule has 12 aromatic rings. The highest BCUT2D eigenvalue weighted by Crippen LogP contribution is 2.43. The molecule has 0 unspecified atom stereocenters. The predicted octanol–water partition coefficient (Wildman–Crippen LogP) is 13.4. The summed E-state index contributed by atoms with van der Waals surface area (Å²) in [6.45, 7) is 0. The molecule has 0 amide bonds. The van der Waals surface area contributed by atoms with Gasteiger partial charge in [0.05, 0.1) is 11.0 Å². The summed E-state index contributed by atoms with van der Waals surface area (Å²) in [4.78, 5) is 15.3. The van der Waals surface area contributed by atoms with E-state index in [-0.39, 0.29) is 0 Å². The Labute approximate surface area is 318 Å². The van der Waals surface area contributed by atoms with Gasteiger partial charge in [-0.05, 0) is 53.9 Å². The van der Waals surface area contributed by atoms with E-state index < -0.39 is 0 Å². The molecule has 0 saturated heterocycles. The quantitative estimate of drug-likeness (QED) is 0.182. The number of nitrogens with zero attached hydrogens (tertiary/aromatic N) is 4. The Morgan fingerprint density at radius 3 is 1.82 bits per heavy atom. The number of para-hydroxylation sites is 2. The zero-order chi connectivity index (χ0) is 36.0. The third-order valence-electron chi connectivity index (χ3n) is 10.8. The first-order valence-electron chi connectivity index (χ1n) is 18.4. The molecule has 4 aromatic heterocycles. The summed E-state index contributed by atoms with van der Waals surface area (Å²) in [6.07, 6.45) is 0. The molecule has 0 radical (unpaired) electrons. The van der Waals surface area contributed by atoms with Gasteiger partial charge in [-0.25, -0.2) is 15.0 Å². The number of fused-ring (bicyclic) bond motifs is 11. The minimum atomic E-state index is 0.612. The van der Waals surface area contributed by atoms with Gasteiger partial charge in [-0.2, -0.15) is 0 Å². The molecule has 6 heteroatoms. The van der Waals surface area contributed by atoms with Crippen molar-refractivity contribution in [2.24, 2.45) is 0 Å². The van der Waals surface area contributed by atoms with Crippen LogP contribution in [-0.2, 0) is 0 Å². The zero-order valence-electron chi connectivity index (χ0n) is 29.3. The number of rotatable bonds is 4. The van der Waals surface area contributed by atoms with Crippen LogP contribution in [0.5, 0.6) is 0 Å². The largest absolute Gasteiger partial charge is 0.455 e. The maximum Gasteiger partial charge on any atom is 0.164 e. The molecule has 0 aliphatic heterocycles. The molecule has 4 heterocycles. The number of furan rings is 1. The summed E-state index contributed by atoms with van der Waals surface area (Å²) in [5, 5.41) is 9.11. The van der Waals surface area contributed by atoms with Gasteiger partial charge in [0.25, 0.3) is 0 Å². The van der Waals surface area contributed by atoms with Crippen molar-refractivity contribution in [1.82, 2.24) is 19.5 Å². The van der Waals surface area contributed by atoms with Gasteiger partial charge in [0.1, 0.15) is 11.2 Å². The van der Waals surface area contributed by atoms with Crippen LogP contribution in [0.4, 0.5) is 0 Å². The highest BCUT2D eigenvalue weighted by atomic mass is 32.1. The monoisotopic (exact) mass is 720 g/mol. The standard InChI is InChI=1S/C49H28N4OS/c1-3-13-29(14-4-1)47-50-48(30-15-5-2-6-16-30)52-49(51-47)40-26-39-34-18-8-11-21-43(34)54-46(39)38-25-31(23-24-32(38)40)53-41-20-10-7-17-33(41)36-28-45-37(27-42(36)53)35-19-9-12-22-44(35)55-45/h1-28H. The summed E-state index contributed by atoms with van der Waals surface area (Å²) < 4.78 is 11.7. The Bertz CT molecular complexity index is 3430. The molecule has 0 N–H and O–H groups in total. The summed E-state index contributed by atoms with van der Waals surface area (Å²) in [5.41, 5.74) is 7.87. The van der Waals surface area contributed by atoms with E-state index in [2.05, 4.69) is 102 Å². The first-order valence-corrected chi connectivity index (χ1v) is 19.2. The maximum atomic E-state index is 6.72. The van der Waals surface area contributed by atoms with Gasteiger partial charge in [-0.1, -0.05) is 121 Å². The molecule has 0 aliphatic rings. The summed E-state index contributed by atoms with van der Waals surface area (Å²) in [7, 11) is 0. The van der Waals surface area contributed by atoms with E-state index >= 15 is 0 Å². The van der Waals surface area contributed by atoms with Crippen LogP contribution in [0.3, 0.4) is 0 Å². The van der Waals surface area contributed by atoms with Crippen LogP contribution >= 0.6 is 11.3 Å². The molecule has 0 bridgehead atoms. The van der Waals surface area contributed by atoms with Gasteiger partial charge >= 0.3 is 0 Å². The van der Waals surface area contributed by atoms with E-state index in [0.717, 1.165) is 60.6 Å². The average molecular weight is 721 g/mol. The molecule has 0 atom stereocenters. The molecular formula is C49H28N4OS. The van der Waals surface area contributed by atoms with Crippen LogP contribution in [-0.4, -0.2) is 19.5 Å². The fourth-order valence-corrected chi connectivity index (χ4v) is 9.43. The van der Waals surface area contributed by atoms with Crippen LogP contribution in [0, 0.1) is 0 Å². The van der Waals surface area contributed by atoms with Crippen LogP contribution < -0.4 is 0 Å². The van der Waals surface area contributed by atoms with E-state index in [4.69, 9.17) is 19.4 Å². The molecule has 256 valence electrons. The van der Waals surface area contributed by atoms with E-state index in [1.54, 1.807) is 0 Å². The van der Waals surface area contributed by atoms with E-state index in [1.807, 2.05) is 84.1 Å². The van der Waals surface area contributed by atoms with Crippen molar-refractivity contribution in [2.75, 3.05) is 0 Å². The molecule has 0 spiro atoms. The third-order valence-corrected chi connectivity index (χ3v) is 12.0. The summed E-state index contributed by atoms with van der Waals surface area (Å²) in [5.74, 6) is 1.87. The van der Waals surface area contributed by atoms with Crippen LogP contribution in [0.25, 0.3) is 115 Å². The van der Waals surface area contributed by atoms with Crippen LogP contribution in [0.15, 0.2) is 174 Å². The Morgan fingerprint density at radius 2 is 1.04 bits per heavy atom. The molecule has 0 aliphatic carbocycles. The first-order chi connectivity index (χ1) is 27.2. The fraction of sp³-hybridized carbons (Fsp3) is 0. The number of benzene rings is 8. The van der Waals surface area contributed by atoms with Crippen molar-refractivity contribution >= 4 is 86.0 Å². The molecule has 0 fully saturated rings. The van der Waals surface area contributed by atoms with Gasteiger partial charge in [-0.15, -0.1) is 11.3 Å². The first kappa shape index (κ1) is 30.3. The lowest BCUT2D eigenvalue weighted by Gasteiger charge is -2.13. The second-order valence-corrected chi connectivity index (χ2v) is 15.1. The average Bonchev–Trinajstić information content (AvgIpc) is 3.92. The van der Waals surface area contributed by atoms with E-state index in [1.165, 1.54) is 36.5 Å². The molecular weight excluding hydrogens is 693 g/mol. The number of hydrogen-bond donors (Lipinski definition) is 0. The lowest BCUT2D eigenvalue weighted by molar-refractivity contribution is 0.672. The minimum Gasteiger partial charge on any atom is -0.455 e. The Balaban J connectivity index is 1.17. The predicted molar refractivity (Wildman–Crippen MR) is 228 cm³/mol. The highest BCUT2D eigenvalue weighted by molar-refractivity contribution is 7.25. The fourth-order valence-electron chi connectivity index (χ4n) is 8.30. The highest BCUT2D eigenvalue weighted by Gasteiger charge is 2.21. The number of hydrogen-bond acceptors (Lipinski definition) is 5. The second kappa shape index (κ2) is 11.7. The van der Waals surface area contributed by atoms with Crippen molar-refractivity contribution in [3.8, 4) is 39.9 Å². The molecule has 0 saturated carbocycles. The Hall–Kier alpha value is -7.15. The van der Waals surface area contributed by atoms with E-state index in [0.29, 0.717) is 17.5 Å². The lowest BCUT2D eigenvalue weighted by Crippen LogP contribution is -2.01. The van der Waals surface area contributed by atoms with Crippen molar-refractivity contribution in [3.63, 3.8) is 0 Å². The summed E-state index contributed by atoms with van der Waals surface area (Å²) >= 11 is 1.86. The Kier molecular flexibility index (Phi) is 6.44. The molecule has 55 heavy (non-hydrogen) atoms. The number of thiophene rings is 1. The number of aromatic nitrogens is 4. The van der Waals surface area contributed by atoms with Crippen molar-refractivity contribution in [1.29, 1.82) is 0 Å². The van der Waals surface area contributed by atoms with Gasteiger partial charge in [-0.3, -0.25) is 0 Å². The maximum absolute atomic E-state index is 6.72. The van der Waals surface area contributed by atoms with Crippen LogP contribution in [0.1, 0.15) is 0 Å². The second-order valence-electron chi connectivity index (χ2n) is 14.0. The van der Waals surface area contributed by atoms with Crippen molar-refractivity contribution in [2.45, 2.75) is 0 Å². The zero-order valence-corrected chi connectivity index (χ0v) is 30.1. The lowest BCUT2D eigenvalue weighted by atomic mass is 9.98. The van der Waals surface area contributed by atoms with Crippen molar-refractivity contribution in [3.05, 3.63) is 170 Å². The van der Waals surface area contributed by atoms with Gasteiger partial charge in [0.2, 0.25) is 0 Å². The summed E-state index contributed by atoms with van der Waals surface area (Å²) in [6, 6.07) is 59.6. The van der Waals surface area contributed by atoms with Gasteiger partial charge < -0.3 is 8.98 Å². The van der Waals surface area contributed by atoms with Gasteiger partial charge in [0, 0.05) is 69.5 Å². The topological polar surface area (TPSA) is 56.7 Å². The molecule has 12 rings (SSSR count). The van der Waals surface area contributed by atoms with Crippen molar-refractivity contribution < 1.29 is 4.42 Å². The SMILES string of the molecule is c1ccc(-c2nc(-c3ccccc3)nc(-c3cc4c5ccccc5oc4c4cc(-n5c6ccccc6c6cc7sc8ccccc8c7cc65)ccc34)n2)cc1. The third kappa shape index (κ3) is 4.62. The van der Waals surface area contributed by atoms with E-state index in [9.17, 15) is 0 Å². The van der Waals surface area contributed by atoms with Gasteiger partial charge in [0.15, 0.2) is 17.5 Å². The smallest absolute Gasteiger partial charge is 0.164 e. The normalized spacial score (nSPS) is 12.0. The molecule has 8 aromatic carbocycles. The molecule has 5 nitrogen and oxygen atoms in total. The Morgan fingerprint density at radius 1 is 0.400 bits per heavy atom.